The number of hydrogen-bond donors (Lipinski definition) is 0. The Balaban J connectivity index is 1.29. The number of nitrogens with zero attached hydrogens (tertiary/aromatic N) is 3. The molecule has 0 unspecified atom stereocenters. The van der Waals surface area contributed by atoms with Crippen LogP contribution >= 0.6 is 22.9 Å². The lowest BCUT2D eigenvalue weighted by molar-refractivity contribution is 0.0745. The number of carbonyl (C=O) groups excluding carboxylic acids is 1. The Labute approximate surface area is 177 Å². The van der Waals surface area contributed by atoms with Gasteiger partial charge in [0, 0.05) is 36.8 Å². The lowest BCUT2D eigenvalue weighted by atomic mass is 10.1. The van der Waals surface area contributed by atoms with Crippen LogP contribution in [0, 0.1) is 6.92 Å². The zero-order valence-electron chi connectivity index (χ0n) is 16.0. The van der Waals surface area contributed by atoms with Crippen molar-refractivity contribution in [2.45, 2.75) is 6.92 Å². The normalized spacial score (nSPS) is 16.3. The highest BCUT2D eigenvalue weighted by molar-refractivity contribution is 7.22. The molecule has 8 heteroatoms. The molecule has 5 rings (SSSR count). The molecule has 150 valence electrons. The largest absolute Gasteiger partial charge is 0.486 e. The molecule has 2 aromatic carbocycles. The van der Waals surface area contributed by atoms with Crippen LogP contribution in [0.4, 0.5) is 5.13 Å². The summed E-state index contributed by atoms with van der Waals surface area (Å²) in [6.07, 6.45) is 0. The minimum atomic E-state index is 0.0218. The third kappa shape index (κ3) is 3.38. The van der Waals surface area contributed by atoms with Gasteiger partial charge in [0.25, 0.3) is 5.91 Å². The number of hydrogen-bond acceptors (Lipinski definition) is 6. The molecule has 1 aromatic heterocycles. The maximum absolute atomic E-state index is 12.9. The van der Waals surface area contributed by atoms with E-state index < -0.39 is 0 Å². The SMILES string of the molecule is Cc1c(Cl)ccc2sc(N3CCN(C(=O)c4ccc5c(c4)OCCO5)CC3)nc12. The third-order valence-corrected chi connectivity index (χ3v) is 6.85. The fraction of sp³-hybridized carbons (Fsp3) is 0.333. The fourth-order valence-electron chi connectivity index (χ4n) is 3.68. The number of fused-ring (bicyclic) bond motifs is 2. The Morgan fingerprint density at radius 2 is 1.83 bits per heavy atom. The number of thiazole rings is 1. The van der Waals surface area contributed by atoms with Gasteiger partial charge in [0.05, 0.1) is 10.2 Å². The highest BCUT2D eigenvalue weighted by Gasteiger charge is 2.25. The number of rotatable bonds is 2. The second-order valence-corrected chi connectivity index (χ2v) is 8.57. The molecule has 0 spiro atoms. The van der Waals surface area contributed by atoms with Crippen molar-refractivity contribution in [1.82, 2.24) is 9.88 Å². The van der Waals surface area contributed by atoms with E-state index in [4.69, 9.17) is 26.1 Å². The van der Waals surface area contributed by atoms with E-state index in [1.54, 1.807) is 17.4 Å². The summed E-state index contributed by atoms with van der Waals surface area (Å²) in [7, 11) is 0. The van der Waals surface area contributed by atoms with Gasteiger partial charge in [-0.15, -0.1) is 0 Å². The first-order valence-corrected chi connectivity index (χ1v) is 10.8. The van der Waals surface area contributed by atoms with Gasteiger partial charge >= 0.3 is 0 Å². The molecule has 2 aliphatic heterocycles. The summed E-state index contributed by atoms with van der Waals surface area (Å²) >= 11 is 7.90. The average molecular weight is 430 g/mol. The lowest BCUT2D eigenvalue weighted by Crippen LogP contribution is -2.48. The molecular weight excluding hydrogens is 410 g/mol. The molecule has 0 saturated carbocycles. The summed E-state index contributed by atoms with van der Waals surface area (Å²) in [4.78, 5) is 21.9. The van der Waals surface area contributed by atoms with E-state index in [9.17, 15) is 4.79 Å². The summed E-state index contributed by atoms with van der Waals surface area (Å²) in [5, 5.41) is 1.72. The Kier molecular flexibility index (Phi) is 4.72. The van der Waals surface area contributed by atoms with Gasteiger partial charge in [-0.25, -0.2) is 4.98 Å². The molecule has 0 atom stereocenters. The van der Waals surface area contributed by atoms with Gasteiger partial charge in [-0.1, -0.05) is 22.9 Å². The van der Waals surface area contributed by atoms with Crippen molar-refractivity contribution in [3.8, 4) is 11.5 Å². The first kappa shape index (κ1) is 18.5. The van der Waals surface area contributed by atoms with E-state index >= 15 is 0 Å². The number of halogens is 1. The van der Waals surface area contributed by atoms with Crippen LogP contribution in [0.25, 0.3) is 10.2 Å². The number of aryl methyl sites for hydroxylation is 1. The molecule has 0 N–H and O–H groups in total. The molecule has 1 amide bonds. The summed E-state index contributed by atoms with van der Waals surface area (Å²) in [6.45, 7) is 5.87. The number of amides is 1. The molecular formula is C21H20ClN3O3S. The molecule has 1 fully saturated rings. The Morgan fingerprint density at radius 1 is 1.07 bits per heavy atom. The van der Waals surface area contributed by atoms with E-state index in [-0.39, 0.29) is 5.91 Å². The average Bonchev–Trinajstić information content (AvgIpc) is 3.21. The number of aromatic nitrogens is 1. The lowest BCUT2D eigenvalue weighted by Gasteiger charge is -2.34. The zero-order chi connectivity index (χ0) is 20.0. The zero-order valence-corrected chi connectivity index (χ0v) is 17.6. The molecule has 3 heterocycles. The smallest absolute Gasteiger partial charge is 0.254 e. The minimum absolute atomic E-state index is 0.0218. The van der Waals surface area contributed by atoms with Crippen LogP contribution < -0.4 is 14.4 Å². The van der Waals surface area contributed by atoms with Crippen molar-refractivity contribution in [3.63, 3.8) is 0 Å². The molecule has 0 aliphatic carbocycles. The predicted octanol–water partition coefficient (Wildman–Crippen LogP) is 3.99. The Hall–Kier alpha value is -2.51. The minimum Gasteiger partial charge on any atom is -0.486 e. The second-order valence-electron chi connectivity index (χ2n) is 7.15. The van der Waals surface area contributed by atoms with Crippen molar-refractivity contribution in [1.29, 1.82) is 0 Å². The van der Waals surface area contributed by atoms with E-state index in [2.05, 4.69) is 4.90 Å². The van der Waals surface area contributed by atoms with Crippen LogP contribution in [0.3, 0.4) is 0 Å². The molecule has 2 aliphatic rings. The molecule has 0 bridgehead atoms. The topological polar surface area (TPSA) is 54.9 Å². The van der Waals surface area contributed by atoms with Gasteiger partial charge < -0.3 is 19.3 Å². The van der Waals surface area contributed by atoms with Gasteiger partial charge in [-0.05, 0) is 42.8 Å². The van der Waals surface area contributed by atoms with Gasteiger partial charge in [0.15, 0.2) is 16.6 Å². The van der Waals surface area contributed by atoms with Gasteiger partial charge in [0.1, 0.15) is 13.2 Å². The van der Waals surface area contributed by atoms with Gasteiger partial charge in [0.2, 0.25) is 0 Å². The second kappa shape index (κ2) is 7.39. The molecule has 1 saturated heterocycles. The standard InChI is InChI=1S/C21H20ClN3O3S/c1-13-15(22)3-5-18-19(13)23-21(29-18)25-8-6-24(7-9-25)20(26)14-2-4-16-17(12-14)28-11-10-27-16/h2-5,12H,6-11H2,1H3. The van der Waals surface area contributed by atoms with Crippen molar-refractivity contribution in [3.05, 3.63) is 46.5 Å². The highest BCUT2D eigenvalue weighted by Crippen LogP contribution is 2.34. The van der Waals surface area contributed by atoms with E-state index in [1.165, 1.54) is 0 Å². The molecule has 3 aromatic rings. The number of benzene rings is 2. The first-order valence-electron chi connectivity index (χ1n) is 9.60. The van der Waals surface area contributed by atoms with Crippen molar-refractivity contribution >= 4 is 44.2 Å². The van der Waals surface area contributed by atoms with Gasteiger partial charge in [-0.2, -0.15) is 0 Å². The number of carbonyl (C=O) groups is 1. The van der Waals surface area contributed by atoms with E-state index in [0.717, 1.165) is 39.0 Å². The maximum Gasteiger partial charge on any atom is 0.254 e. The Morgan fingerprint density at radius 3 is 2.62 bits per heavy atom. The van der Waals surface area contributed by atoms with Crippen molar-refractivity contribution < 1.29 is 14.3 Å². The van der Waals surface area contributed by atoms with Crippen LogP contribution in [-0.2, 0) is 0 Å². The predicted molar refractivity (Wildman–Crippen MR) is 115 cm³/mol. The van der Waals surface area contributed by atoms with Crippen LogP contribution in [-0.4, -0.2) is 55.2 Å². The summed E-state index contributed by atoms with van der Waals surface area (Å²) in [6, 6.07) is 9.34. The molecule has 29 heavy (non-hydrogen) atoms. The number of anilines is 1. The number of piperazine rings is 1. The molecule has 0 radical (unpaired) electrons. The van der Waals surface area contributed by atoms with Gasteiger partial charge in [-0.3, -0.25) is 4.79 Å². The Bertz CT molecular complexity index is 1090. The van der Waals surface area contributed by atoms with Crippen LogP contribution in [0.2, 0.25) is 5.02 Å². The monoisotopic (exact) mass is 429 g/mol. The first-order chi connectivity index (χ1) is 14.1. The van der Waals surface area contributed by atoms with Crippen LogP contribution in [0.5, 0.6) is 11.5 Å². The third-order valence-electron chi connectivity index (χ3n) is 5.36. The van der Waals surface area contributed by atoms with E-state index in [1.807, 2.05) is 36.1 Å². The van der Waals surface area contributed by atoms with Crippen molar-refractivity contribution in [2.75, 3.05) is 44.3 Å². The summed E-state index contributed by atoms with van der Waals surface area (Å²) < 4.78 is 12.3. The van der Waals surface area contributed by atoms with Crippen LogP contribution in [0.1, 0.15) is 15.9 Å². The maximum atomic E-state index is 12.9. The number of ether oxygens (including phenoxy) is 2. The molecule has 6 nitrogen and oxygen atoms in total. The quantitative estimate of drug-likeness (QED) is 0.616. The van der Waals surface area contributed by atoms with E-state index in [0.29, 0.717) is 43.4 Å². The van der Waals surface area contributed by atoms with Crippen LogP contribution in [0.15, 0.2) is 30.3 Å². The van der Waals surface area contributed by atoms with Crippen molar-refractivity contribution in [2.24, 2.45) is 0 Å². The fourth-order valence-corrected chi connectivity index (χ4v) is 4.91. The summed E-state index contributed by atoms with van der Waals surface area (Å²) in [5.41, 5.74) is 2.61. The highest BCUT2D eigenvalue weighted by atomic mass is 35.5. The summed E-state index contributed by atoms with van der Waals surface area (Å²) in [5.74, 6) is 1.36.